The van der Waals surface area contributed by atoms with Crippen LogP contribution in [0.3, 0.4) is 0 Å². The molecular weight excluding hydrogens is 429 g/mol. The van der Waals surface area contributed by atoms with Crippen LogP contribution in [0.2, 0.25) is 10.0 Å². The standard InChI is InChI=1S/C14H11Br2Cl2NO/c1-20-13-3-2-9(15)4-8(13)7-19-14-11(17)5-10(16)6-12(14)18/h2-6,19H,7H2,1H3. The molecule has 0 saturated heterocycles. The summed E-state index contributed by atoms with van der Waals surface area (Å²) in [5.41, 5.74) is 1.72. The molecular formula is C14H11Br2Cl2NO. The van der Waals surface area contributed by atoms with Crippen molar-refractivity contribution in [2.45, 2.75) is 6.54 Å². The number of benzene rings is 2. The molecule has 6 heteroatoms. The SMILES string of the molecule is COc1ccc(Br)cc1CNc1c(Cl)cc(Br)cc1Cl. The zero-order valence-electron chi connectivity index (χ0n) is 10.5. The molecule has 2 aromatic carbocycles. The summed E-state index contributed by atoms with van der Waals surface area (Å²) in [6.45, 7) is 0.559. The van der Waals surface area contributed by atoms with Gasteiger partial charge in [0.05, 0.1) is 22.8 Å². The molecule has 0 aliphatic rings. The van der Waals surface area contributed by atoms with Gasteiger partial charge in [0.2, 0.25) is 0 Å². The van der Waals surface area contributed by atoms with Gasteiger partial charge in [-0.2, -0.15) is 0 Å². The third kappa shape index (κ3) is 3.82. The van der Waals surface area contributed by atoms with Crippen LogP contribution in [0, 0.1) is 0 Å². The van der Waals surface area contributed by atoms with Crippen molar-refractivity contribution < 1.29 is 4.74 Å². The molecule has 0 heterocycles. The highest BCUT2D eigenvalue weighted by molar-refractivity contribution is 9.10. The fraction of sp³-hybridized carbons (Fsp3) is 0.143. The van der Waals surface area contributed by atoms with Crippen molar-refractivity contribution in [3.8, 4) is 5.75 Å². The molecule has 0 radical (unpaired) electrons. The van der Waals surface area contributed by atoms with E-state index in [2.05, 4.69) is 37.2 Å². The highest BCUT2D eigenvalue weighted by atomic mass is 79.9. The lowest BCUT2D eigenvalue weighted by atomic mass is 10.2. The molecule has 0 aromatic heterocycles. The number of hydrogen-bond acceptors (Lipinski definition) is 2. The predicted molar refractivity (Wildman–Crippen MR) is 92.2 cm³/mol. The molecule has 0 spiro atoms. The van der Waals surface area contributed by atoms with Gasteiger partial charge in [-0.1, -0.05) is 55.1 Å². The zero-order chi connectivity index (χ0) is 14.7. The van der Waals surface area contributed by atoms with Crippen LogP contribution in [-0.4, -0.2) is 7.11 Å². The molecule has 106 valence electrons. The van der Waals surface area contributed by atoms with Gasteiger partial charge in [0, 0.05) is 21.1 Å². The van der Waals surface area contributed by atoms with Crippen molar-refractivity contribution in [2.24, 2.45) is 0 Å². The first kappa shape index (κ1) is 16.0. The topological polar surface area (TPSA) is 21.3 Å². The minimum Gasteiger partial charge on any atom is -0.496 e. The van der Waals surface area contributed by atoms with Crippen molar-refractivity contribution in [1.29, 1.82) is 0 Å². The Labute approximate surface area is 144 Å². The van der Waals surface area contributed by atoms with Crippen molar-refractivity contribution in [3.05, 3.63) is 54.9 Å². The predicted octanol–water partition coefficient (Wildman–Crippen LogP) is 6.14. The van der Waals surface area contributed by atoms with Gasteiger partial charge in [0.1, 0.15) is 5.75 Å². The molecule has 1 N–H and O–H groups in total. The highest BCUT2D eigenvalue weighted by Gasteiger charge is 2.09. The lowest BCUT2D eigenvalue weighted by Crippen LogP contribution is -2.03. The normalized spacial score (nSPS) is 10.4. The molecule has 0 bridgehead atoms. The molecule has 0 atom stereocenters. The lowest BCUT2D eigenvalue weighted by Gasteiger charge is -2.13. The van der Waals surface area contributed by atoms with Gasteiger partial charge in [-0.05, 0) is 30.3 Å². The minimum absolute atomic E-state index is 0.559. The number of halogens is 4. The van der Waals surface area contributed by atoms with Crippen LogP contribution >= 0.6 is 55.1 Å². The lowest BCUT2D eigenvalue weighted by molar-refractivity contribution is 0.410. The van der Waals surface area contributed by atoms with E-state index in [-0.39, 0.29) is 0 Å². The molecule has 0 unspecified atom stereocenters. The van der Waals surface area contributed by atoms with Crippen LogP contribution in [-0.2, 0) is 6.54 Å². The van der Waals surface area contributed by atoms with Crippen LogP contribution in [0.1, 0.15) is 5.56 Å². The van der Waals surface area contributed by atoms with Gasteiger partial charge >= 0.3 is 0 Å². The summed E-state index contributed by atoms with van der Waals surface area (Å²) in [5.74, 6) is 0.810. The summed E-state index contributed by atoms with van der Waals surface area (Å²) >= 11 is 19.2. The van der Waals surface area contributed by atoms with E-state index in [9.17, 15) is 0 Å². The average Bonchev–Trinajstić information content (AvgIpc) is 2.37. The van der Waals surface area contributed by atoms with Crippen LogP contribution in [0.15, 0.2) is 39.3 Å². The van der Waals surface area contributed by atoms with E-state index in [0.717, 1.165) is 20.3 Å². The van der Waals surface area contributed by atoms with E-state index in [0.29, 0.717) is 22.3 Å². The van der Waals surface area contributed by atoms with Gasteiger partial charge in [0.25, 0.3) is 0 Å². The number of nitrogens with one attached hydrogen (secondary N) is 1. The maximum absolute atomic E-state index is 6.19. The highest BCUT2D eigenvalue weighted by Crippen LogP contribution is 2.34. The third-order valence-corrected chi connectivity index (χ3v) is 4.25. The van der Waals surface area contributed by atoms with Crippen LogP contribution < -0.4 is 10.1 Å². The molecule has 2 rings (SSSR count). The molecule has 0 amide bonds. The molecule has 20 heavy (non-hydrogen) atoms. The Hall–Kier alpha value is -0.420. The number of hydrogen-bond donors (Lipinski definition) is 1. The van der Waals surface area contributed by atoms with Gasteiger partial charge in [-0.3, -0.25) is 0 Å². The van der Waals surface area contributed by atoms with E-state index in [1.165, 1.54) is 0 Å². The van der Waals surface area contributed by atoms with Gasteiger partial charge < -0.3 is 10.1 Å². The Morgan fingerprint density at radius 1 is 1.05 bits per heavy atom. The molecule has 2 nitrogen and oxygen atoms in total. The molecule has 2 aromatic rings. The van der Waals surface area contributed by atoms with Crippen LogP contribution in [0.25, 0.3) is 0 Å². The number of methoxy groups -OCH3 is 1. The Bertz CT molecular complexity index is 612. The molecule has 0 aliphatic carbocycles. The third-order valence-electron chi connectivity index (χ3n) is 2.70. The number of ether oxygens (including phenoxy) is 1. The monoisotopic (exact) mass is 437 g/mol. The second kappa shape index (κ2) is 7.03. The van der Waals surface area contributed by atoms with Crippen molar-refractivity contribution >= 4 is 60.7 Å². The largest absolute Gasteiger partial charge is 0.496 e. The molecule has 0 fully saturated rings. The first-order valence-electron chi connectivity index (χ1n) is 5.72. The van der Waals surface area contributed by atoms with Crippen molar-refractivity contribution in [1.82, 2.24) is 0 Å². The number of anilines is 1. The average molecular weight is 440 g/mol. The first-order chi connectivity index (χ1) is 9.51. The van der Waals surface area contributed by atoms with E-state index in [4.69, 9.17) is 27.9 Å². The Kier molecular flexibility index (Phi) is 5.61. The van der Waals surface area contributed by atoms with E-state index >= 15 is 0 Å². The second-order valence-corrected chi connectivity index (χ2v) is 6.70. The van der Waals surface area contributed by atoms with Crippen molar-refractivity contribution in [3.63, 3.8) is 0 Å². The Morgan fingerprint density at radius 3 is 2.30 bits per heavy atom. The number of rotatable bonds is 4. The summed E-state index contributed by atoms with van der Waals surface area (Å²) in [7, 11) is 1.65. The van der Waals surface area contributed by atoms with Gasteiger partial charge in [0.15, 0.2) is 0 Å². The fourth-order valence-corrected chi connectivity index (χ4v) is 3.53. The van der Waals surface area contributed by atoms with Crippen LogP contribution in [0.4, 0.5) is 5.69 Å². The van der Waals surface area contributed by atoms with Gasteiger partial charge in [-0.25, -0.2) is 0 Å². The summed E-state index contributed by atoms with van der Waals surface area (Å²) in [5, 5.41) is 4.38. The summed E-state index contributed by atoms with van der Waals surface area (Å²) in [4.78, 5) is 0. The molecule has 0 saturated carbocycles. The maximum atomic E-state index is 6.19. The summed E-state index contributed by atoms with van der Waals surface area (Å²) < 4.78 is 7.17. The summed E-state index contributed by atoms with van der Waals surface area (Å²) in [6, 6.07) is 9.43. The van der Waals surface area contributed by atoms with E-state index in [1.54, 1.807) is 19.2 Å². The molecule has 0 aliphatic heterocycles. The second-order valence-electron chi connectivity index (χ2n) is 4.05. The van der Waals surface area contributed by atoms with Crippen molar-refractivity contribution in [2.75, 3.05) is 12.4 Å². The minimum atomic E-state index is 0.559. The first-order valence-corrected chi connectivity index (χ1v) is 8.06. The van der Waals surface area contributed by atoms with Gasteiger partial charge in [-0.15, -0.1) is 0 Å². The fourth-order valence-electron chi connectivity index (χ4n) is 1.78. The van der Waals surface area contributed by atoms with E-state index in [1.807, 2.05) is 18.2 Å². The Morgan fingerprint density at radius 2 is 1.70 bits per heavy atom. The maximum Gasteiger partial charge on any atom is 0.123 e. The quantitative estimate of drug-likeness (QED) is 0.617. The summed E-state index contributed by atoms with van der Waals surface area (Å²) in [6.07, 6.45) is 0. The van der Waals surface area contributed by atoms with Crippen LogP contribution in [0.5, 0.6) is 5.75 Å². The van der Waals surface area contributed by atoms with E-state index < -0.39 is 0 Å². The smallest absolute Gasteiger partial charge is 0.123 e. The Balaban J connectivity index is 2.23. The zero-order valence-corrected chi connectivity index (χ0v) is 15.2.